The van der Waals surface area contributed by atoms with Crippen molar-refractivity contribution in [3.05, 3.63) is 0 Å². The predicted molar refractivity (Wildman–Crippen MR) is 30.2 cm³/mol. The smallest absolute Gasteiger partial charge is 0.303 e. The van der Waals surface area contributed by atoms with Crippen LogP contribution in [0.15, 0.2) is 0 Å². The van der Waals surface area contributed by atoms with Gasteiger partial charge in [0.2, 0.25) is 0 Å². The van der Waals surface area contributed by atoms with E-state index in [2.05, 4.69) is 4.52 Å². The van der Waals surface area contributed by atoms with E-state index in [-0.39, 0.29) is 0 Å². The van der Waals surface area contributed by atoms with Gasteiger partial charge >= 0.3 is 8.03 Å². The molecule has 0 aliphatic rings. The highest BCUT2D eigenvalue weighted by molar-refractivity contribution is 7.39. The molecule has 0 N–H and O–H groups in total. The maximum absolute atomic E-state index is 10.3. The Morgan fingerprint density at radius 1 is 1.75 bits per heavy atom. The monoisotopic (exact) mass is 135 g/mol. The predicted octanol–water partition coefficient (Wildman–Crippen LogP) is 0.964. The Bertz CT molecular complexity index is 91.3. The van der Waals surface area contributed by atoms with Crippen molar-refractivity contribution < 1.29 is 13.9 Å². The molecular formula is C4H8O3P+. The second-order valence-electron chi connectivity index (χ2n) is 1.19. The molecule has 46 valence electrons. The summed E-state index contributed by atoms with van der Waals surface area (Å²) in [6, 6.07) is 0. The Labute approximate surface area is 48.9 Å². The van der Waals surface area contributed by atoms with Gasteiger partial charge in [0, 0.05) is 0 Å². The summed E-state index contributed by atoms with van der Waals surface area (Å²) in [5.41, 5.74) is 0. The Kier molecular flexibility index (Phi) is 4.71. The van der Waals surface area contributed by atoms with Crippen LogP contribution >= 0.6 is 8.03 Å². The van der Waals surface area contributed by atoms with Crippen LogP contribution in [-0.4, -0.2) is 19.6 Å². The van der Waals surface area contributed by atoms with Crippen LogP contribution in [0.3, 0.4) is 0 Å². The van der Waals surface area contributed by atoms with Crippen molar-refractivity contribution >= 4 is 14.3 Å². The van der Waals surface area contributed by atoms with Gasteiger partial charge in [0.05, 0.1) is 13.5 Å². The lowest BCUT2D eigenvalue weighted by molar-refractivity contribution is -0.107. The van der Waals surface area contributed by atoms with E-state index >= 15 is 0 Å². The minimum absolute atomic E-state index is 0.322. The maximum Gasteiger partial charge on any atom is 0.508 e. The Hall–Kier alpha value is -0.270. The van der Waals surface area contributed by atoms with E-state index in [0.717, 1.165) is 6.29 Å². The van der Waals surface area contributed by atoms with Crippen molar-refractivity contribution in [3.8, 4) is 0 Å². The van der Waals surface area contributed by atoms with E-state index in [4.69, 9.17) is 0 Å². The van der Waals surface area contributed by atoms with Gasteiger partial charge in [0.15, 0.2) is 6.16 Å². The lowest BCUT2D eigenvalue weighted by atomic mass is 10.6. The van der Waals surface area contributed by atoms with Gasteiger partial charge in [0.25, 0.3) is 0 Å². The molecule has 0 aliphatic carbocycles. The fraction of sp³-hybridized carbons (Fsp3) is 0.750. The van der Waals surface area contributed by atoms with Crippen LogP contribution in [0.1, 0.15) is 6.42 Å². The molecule has 0 aromatic rings. The molecule has 0 fully saturated rings. The zero-order valence-electron chi connectivity index (χ0n) is 4.66. The quantitative estimate of drug-likeness (QED) is 0.426. The Morgan fingerprint density at radius 3 is 2.75 bits per heavy atom. The fourth-order valence-electron chi connectivity index (χ4n) is 0.249. The molecule has 0 radical (unpaired) electrons. The standard InChI is InChI=1S/C4H8O3P/c1-7-8(6)4-2-3-5/h3H,2,4H2,1H3/q+1. The summed E-state index contributed by atoms with van der Waals surface area (Å²) in [7, 11) is -0.201. The van der Waals surface area contributed by atoms with Crippen molar-refractivity contribution in [3.63, 3.8) is 0 Å². The average Bonchev–Trinajstić information content (AvgIpc) is 1.83. The highest BCUT2D eigenvalue weighted by Gasteiger charge is 2.11. The summed E-state index contributed by atoms with van der Waals surface area (Å²) < 4.78 is 14.7. The third kappa shape index (κ3) is 3.90. The first-order valence-corrected chi connectivity index (χ1v) is 3.60. The van der Waals surface area contributed by atoms with E-state index in [1.165, 1.54) is 7.11 Å². The molecule has 0 aromatic heterocycles. The molecule has 1 atom stereocenters. The number of carbonyl (C=O) groups is 1. The zero-order valence-corrected chi connectivity index (χ0v) is 5.56. The molecule has 1 unspecified atom stereocenters. The molecule has 0 aliphatic heterocycles. The molecule has 0 spiro atoms. The molecule has 0 heterocycles. The second kappa shape index (κ2) is 4.88. The third-order valence-corrected chi connectivity index (χ3v) is 1.66. The van der Waals surface area contributed by atoms with Crippen molar-refractivity contribution in [2.75, 3.05) is 13.3 Å². The molecule has 8 heavy (non-hydrogen) atoms. The summed E-state index contributed by atoms with van der Waals surface area (Å²) in [4.78, 5) is 9.64. The minimum Gasteiger partial charge on any atom is -0.303 e. The van der Waals surface area contributed by atoms with Gasteiger partial charge < -0.3 is 4.79 Å². The van der Waals surface area contributed by atoms with E-state index < -0.39 is 8.03 Å². The van der Waals surface area contributed by atoms with Gasteiger partial charge in [0.1, 0.15) is 6.29 Å². The summed E-state index contributed by atoms with van der Waals surface area (Å²) in [6.45, 7) is 0. The maximum atomic E-state index is 10.3. The van der Waals surface area contributed by atoms with Gasteiger partial charge in [-0.2, -0.15) is 0 Å². The largest absolute Gasteiger partial charge is 0.508 e. The molecule has 0 saturated heterocycles. The number of carbonyl (C=O) groups excluding carboxylic acids is 1. The molecule has 0 aromatic carbocycles. The highest BCUT2D eigenvalue weighted by atomic mass is 31.1. The van der Waals surface area contributed by atoms with Crippen molar-refractivity contribution in [1.82, 2.24) is 0 Å². The van der Waals surface area contributed by atoms with Gasteiger partial charge in [-0.3, -0.25) is 0 Å². The molecule has 0 amide bonds. The molecule has 3 nitrogen and oxygen atoms in total. The van der Waals surface area contributed by atoms with Crippen molar-refractivity contribution in [2.24, 2.45) is 0 Å². The van der Waals surface area contributed by atoms with E-state index in [9.17, 15) is 9.36 Å². The van der Waals surface area contributed by atoms with Crippen LogP contribution in [0, 0.1) is 0 Å². The van der Waals surface area contributed by atoms with Crippen LogP contribution in [0.2, 0.25) is 0 Å². The number of hydrogen-bond donors (Lipinski definition) is 0. The zero-order chi connectivity index (χ0) is 6.41. The Morgan fingerprint density at radius 2 is 2.38 bits per heavy atom. The number of rotatable bonds is 4. The molecule has 0 bridgehead atoms. The molecular weight excluding hydrogens is 127 g/mol. The lowest BCUT2D eigenvalue weighted by Gasteiger charge is -1.73. The van der Waals surface area contributed by atoms with Crippen LogP contribution in [0.4, 0.5) is 0 Å². The molecule has 0 rings (SSSR count). The number of hydrogen-bond acceptors (Lipinski definition) is 3. The topological polar surface area (TPSA) is 43.4 Å². The Balaban J connectivity index is 3.11. The van der Waals surface area contributed by atoms with E-state index in [0.29, 0.717) is 12.6 Å². The van der Waals surface area contributed by atoms with Crippen LogP contribution < -0.4 is 0 Å². The average molecular weight is 135 g/mol. The van der Waals surface area contributed by atoms with Gasteiger partial charge in [-0.1, -0.05) is 0 Å². The lowest BCUT2D eigenvalue weighted by Crippen LogP contribution is -1.79. The van der Waals surface area contributed by atoms with Crippen molar-refractivity contribution in [1.29, 1.82) is 0 Å². The fourth-order valence-corrected chi connectivity index (χ4v) is 0.748. The first-order valence-electron chi connectivity index (χ1n) is 2.23. The third-order valence-electron chi connectivity index (χ3n) is 0.633. The summed E-state index contributed by atoms with van der Waals surface area (Å²) in [5.74, 6) is 0. The summed E-state index contributed by atoms with van der Waals surface area (Å²) in [5, 5.41) is 0. The minimum atomic E-state index is -1.57. The van der Waals surface area contributed by atoms with Crippen molar-refractivity contribution in [2.45, 2.75) is 6.42 Å². The van der Waals surface area contributed by atoms with Crippen LogP contribution in [0.5, 0.6) is 0 Å². The first kappa shape index (κ1) is 7.73. The highest BCUT2D eigenvalue weighted by Crippen LogP contribution is 2.19. The van der Waals surface area contributed by atoms with E-state index in [1.54, 1.807) is 0 Å². The van der Waals surface area contributed by atoms with Gasteiger partial charge in [-0.05, 0) is 4.57 Å². The van der Waals surface area contributed by atoms with Gasteiger partial charge in [-0.25, -0.2) is 0 Å². The van der Waals surface area contributed by atoms with E-state index in [1.807, 2.05) is 0 Å². The van der Waals surface area contributed by atoms with Crippen LogP contribution in [-0.2, 0) is 13.9 Å². The summed E-state index contributed by atoms with van der Waals surface area (Å²) in [6.07, 6.45) is 1.39. The van der Waals surface area contributed by atoms with Gasteiger partial charge in [-0.15, -0.1) is 4.52 Å². The normalized spacial score (nSPS) is 10.9. The summed E-state index contributed by atoms with van der Waals surface area (Å²) >= 11 is 0. The SMILES string of the molecule is CO[P+](=O)CCC=O. The first-order chi connectivity index (χ1) is 3.81. The number of aldehydes is 1. The van der Waals surface area contributed by atoms with Crippen LogP contribution in [0.25, 0.3) is 0 Å². The molecule has 4 heteroatoms. The second-order valence-corrected chi connectivity index (χ2v) is 2.67. The molecule has 0 saturated carbocycles.